The summed E-state index contributed by atoms with van der Waals surface area (Å²) in [5, 5.41) is 16.0. The number of carbonyl (C=O) groups excluding carboxylic acids is 1. The number of nitrogens with one attached hydrogen (secondary N) is 1. The first-order valence-electron chi connectivity index (χ1n) is 7.75. The molecule has 8 heteroatoms. The summed E-state index contributed by atoms with van der Waals surface area (Å²) in [5.74, 6) is 0.438. The van der Waals surface area contributed by atoms with Crippen LogP contribution in [0.2, 0.25) is 0 Å². The Bertz CT molecular complexity index is 1100. The van der Waals surface area contributed by atoms with Crippen LogP contribution in [-0.2, 0) is 0 Å². The molecule has 4 aromatic rings. The van der Waals surface area contributed by atoms with Crippen molar-refractivity contribution in [2.45, 2.75) is 0 Å². The van der Waals surface area contributed by atoms with E-state index in [-0.39, 0.29) is 0 Å². The highest BCUT2D eigenvalue weighted by atomic mass is 79.9. The minimum atomic E-state index is -0.601. The fraction of sp³-hybridized carbons (Fsp3) is 0. The van der Waals surface area contributed by atoms with Gasteiger partial charge in [-0.3, -0.25) is 4.90 Å². The number of fused-ring (bicyclic) bond motifs is 1. The first kappa shape index (κ1) is 16.2. The van der Waals surface area contributed by atoms with Crippen molar-refractivity contribution in [3.8, 4) is 11.4 Å². The van der Waals surface area contributed by atoms with Crippen LogP contribution in [0.25, 0.3) is 22.2 Å². The number of aromatic nitrogens is 4. The number of hydrogen-bond acceptors (Lipinski definition) is 4. The smallest absolute Gasteiger partial charge is 0.323 e. The SMILES string of the molecule is NC(=O)N(c1ccc2ccccc2c1)c1ccc(Br)cc1-c1nnn[nH]1. The van der Waals surface area contributed by atoms with Gasteiger partial charge in [-0.15, -0.1) is 5.10 Å². The van der Waals surface area contributed by atoms with Gasteiger partial charge in [0.25, 0.3) is 0 Å². The number of benzene rings is 3. The quantitative estimate of drug-likeness (QED) is 0.534. The summed E-state index contributed by atoms with van der Waals surface area (Å²) in [4.78, 5) is 13.8. The average Bonchev–Trinajstić information content (AvgIpc) is 3.17. The van der Waals surface area contributed by atoms with Crippen LogP contribution in [0.3, 0.4) is 0 Å². The lowest BCUT2D eigenvalue weighted by molar-refractivity contribution is 0.256. The van der Waals surface area contributed by atoms with Gasteiger partial charge in [-0.25, -0.2) is 9.89 Å². The Hall–Kier alpha value is -3.26. The van der Waals surface area contributed by atoms with E-state index < -0.39 is 6.03 Å². The number of H-pyrrole nitrogens is 1. The van der Waals surface area contributed by atoms with E-state index in [1.165, 1.54) is 4.90 Å². The van der Waals surface area contributed by atoms with Crippen molar-refractivity contribution in [2.24, 2.45) is 5.73 Å². The molecular formula is C18H13BrN6O. The van der Waals surface area contributed by atoms with Gasteiger partial charge in [0.05, 0.1) is 11.4 Å². The maximum Gasteiger partial charge on any atom is 0.323 e. The number of nitrogens with two attached hydrogens (primary N) is 1. The second-order valence-electron chi connectivity index (χ2n) is 5.62. The maximum atomic E-state index is 12.3. The summed E-state index contributed by atoms with van der Waals surface area (Å²) in [6, 6.07) is 18.5. The zero-order valence-electron chi connectivity index (χ0n) is 13.4. The van der Waals surface area contributed by atoms with Gasteiger partial charge in [0.1, 0.15) is 0 Å². The van der Waals surface area contributed by atoms with Gasteiger partial charge < -0.3 is 5.73 Å². The summed E-state index contributed by atoms with van der Waals surface area (Å²) in [6.45, 7) is 0. The summed E-state index contributed by atoms with van der Waals surface area (Å²) in [7, 11) is 0. The molecule has 1 heterocycles. The Morgan fingerprint density at radius 1 is 1.04 bits per heavy atom. The number of halogens is 1. The number of carbonyl (C=O) groups is 1. The molecule has 0 spiro atoms. The molecule has 128 valence electrons. The van der Waals surface area contributed by atoms with E-state index in [9.17, 15) is 4.79 Å². The van der Waals surface area contributed by atoms with Crippen LogP contribution < -0.4 is 10.6 Å². The highest BCUT2D eigenvalue weighted by molar-refractivity contribution is 9.10. The van der Waals surface area contributed by atoms with Crippen LogP contribution in [0.1, 0.15) is 0 Å². The van der Waals surface area contributed by atoms with Gasteiger partial charge >= 0.3 is 6.03 Å². The van der Waals surface area contributed by atoms with Crippen molar-refractivity contribution >= 4 is 44.1 Å². The topological polar surface area (TPSA) is 101 Å². The van der Waals surface area contributed by atoms with Crippen molar-refractivity contribution < 1.29 is 4.79 Å². The third kappa shape index (κ3) is 2.91. The monoisotopic (exact) mass is 408 g/mol. The molecule has 1 aromatic heterocycles. The lowest BCUT2D eigenvalue weighted by atomic mass is 10.1. The zero-order valence-corrected chi connectivity index (χ0v) is 15.0. The van der Waals surface area contributed by atoms with Gasteiger partial charge in [-0.05, 0) is 51.5 Å². The van der Waals surface area contributed by atoms with Gasteiger partial charge in [-0.1, -0.05) is 46.3 Å². The second-order valence-corrected chi connectivity index (χ2v) is 6.53. The van der Waals surface area contributed by atoms with E-state index in [2.05, 4.69) is 36.6 Å². The lowest BCUT2D eigenvalue weighted by Gasteiger charge is -2.23. The number of amides is 2. The molecule has 0 unspecified atom stereocenters. The molecule has 0 saturated carbocycles. The predicted octanol–water partition coefficient (Wildman–Crippen LogP) is 4.00. The van der Waals surface area contributed by atoms with Gasteiger partial charge in [-0.2, -0.15) is 0 Å². The summed E-state index contributed by atoms with van der Waals surface area (Å²) in [5.41, 5.74) is 7.61. The average molecular weight is 409 g/mol. The Kier molecular flexibility index (Phi) is 4.10. The summed E-state index contributed by atoms with van der Waals surface area (Å²) < 4.78 is 0.829. The van der Waals surface area contributed by atoms with Crippen molar-refractivity contribution in [3.63, 3.8) is 0 Å². The number of primary amides is 1. The first-order chi connectivity index (χ1) is 12.6. The molecule has 0 saturated heterocycles. The third-order valence-corrected chi connectivity index (χ3v) is 4.50. The van der Waals surface area contributed by atoms with E-state index in [4.69, 9.17) is 5.73 Å². The minimum Gasteiger partial charge on any atom is -0.351 e. The fourth-order valence-corrected chi connectivity index (χ4v) is 3.23. The number of tetrazole rings is 1. The van der Waals surface area contributed by atoms with Crippen LogP contribution in [-0.4, -0.2) is 26.7 Å². The Balaban J connectivity index is 1.91. The molecule has 3 aromatic carbocycles. The molecule has 4 rings (SSSR count). The normalized spacial score (nSPS) is 10.8. The number of nitrogens with zero attached hydrogens (tertiary/aromatic N) is 4. The highest BCUT2D eigenvalue weighted by Crippen LogP contribution is 2.36. The van der Waals surface area contributed by atoms with Crippen LogP contribution in [0.4, 0.5) is 16.2 Å². The molecule has 0 radical (unpaired) electrons. The maximum absolute atomic E-state index is 12.3. The van der Waals surface area contributed by atoms with Gasteiger partial charge in [0, 0.05) is 10.0 Å². The molecule has 0 bridgehead atoms. The van der Waals surface area contributed by atoms with Crippen molar-refractivity contribution in [3.05, 3.63) is 65.1 Å². The van der Waals surface area contributed by atoms with E-state index >= 15 is 0 Å². The molecule has 3 N–H and O–H groups in total. The number of hydrogen-bond donors (Lipinski definition) is 2. The zero-order chi connectivity index (χ0) is 18.1. The summed E-state index contributed by atoms with van der Waals surface area (Å²) in [6.07, 6.45) is 0. The molecule has 2 amide bonds. The third-order valence-electron chi connectivity index (χ3n) is 4.01. The van der Waals surface area contributed by atoms with Crippen molar-refractivity contribution in [1.29, 1.82) is 0 Å². The Labute approximate surface area is 156 Å². The highest BCUT2D eigenvalue weighted by Gasteiger charge is 2.21. The molecule has 7 nitrogen and oxygen atoms in total. The number of anilines is 2. The number of rotatable bonds is 3. The van der Waals surface area contributed by atoms with Gasteiger partial charge in [0.2, 0.25) is 0 Å². The van der Waals surface area contributed by atoms with Gasteiger partial charge in [0.15, 0.2) is 5.82 Å². The van der Waals surface area contributed by atoms with Crippen LogP contribution in [0.5, 0.6) is 0 Å². The predicted molar refractivity (Wildman–Crippen MR) is 103 cm³/mol. The molecule has 0 aliphatic heterocycles. The van der Waals surface area contributed by atoms with E-state index in [1.54, 1.807) is 6.07 Å². The molecule has 0 atom stereocenters. The number of aromatic amines is 1. The first-order valence-corrected chi connectivity index (χ1v) is 8.55. The lowest BCUT2D eigenvalue weighted by Crippen LogP contribution is -2.31. The van der Waals surface area contributed by atoms with Crippen LogP contribution in [0, 0.1) is 0 Å². The largest absolute Gasteiger partial charge is 0.351 e. The van der Waals surface area contributed by atoms with E-state index in [1.807, 2.05) is 54.6 Å². The standard InChI is InChI=1S/C18H13BrN6O/c19-13-6-8-16(15(10-13)17-21-23-24-22-17)25(18(20)26)14-7-5-11-3-1-2-4-12(11)9-14/h1-10H,(H2,20,26)(H,21,22,23,24). The van der Waals surface area contributed by atoms with E-state index in [0.29, 0.717) is 22.8 Å². The summed E-state index contributed by atoms with van der Waals surface area (Å²) >= 11 is 3.44. The molecular weight excluding hydrogens is 396 g/mol. The molecule has 26 heavy (non-hydrogen) atoms. The van der Waals surface area contributed by atoms with Crippen LogP contribution >= 0.6 is 15.9 Å². The number of urea groups is 1. The molecule has 0 aliphatic carbocycles. The molecule has 0 fully saturated rings. The Morgan fingerprint density at radius 3 is 2.58 bits per heavy atom. The molecule has 0 aliphatic rings. The van der Waals surface area contributed by atoms with Crippen molar-refractivity contribution in [1.82, 2.24) is 20.6 Å². The fourth-order valence-electron chi connectivity index (χ4n) is 2.87. The Morgan fingerprint density at radius 2 is 1.85 bits per heavy atom. The van der Waals surface area contributed by atoms with Crippen LogP contribution in [0.15, 0.2) is 65.1 Å². The second kappa shape index (κ2) is 6.57. The van der Waals surface area contributed by atoms with E-state index in [0.717, 1.165) is 15.2 Å². The minimum absolute atomic E-state index is 0.438. The van der Waals surface area contributed by atoms with Crippen molar-refractivity contribution in [2.75, 3.05) is 4.90 Å².